The lowest BCUT2D eigenvalue weighted by atomic mass is 10.00. The van der Waals surface area contributed by atoms with Crippen molar-refractivity contribution in [2.24, 2.45) is 11.8 Å². The predicted molar refractivity (Wildman–Crippen MR) is 37.5 cm³/mol. The molecule has 1 rings (SSSR count). The van der Waals surface area contributed by atoms with Crippen molar-refractivity contribution >= 4 is 5.78 Å². The van der Waals surface area contributed by atoms with Gasteiger partial charge in [-0.2, -0.15) is 8.78 Å². The fourth-order valence-electron chi connectivity index (χ4n) is 1.03. The molecule has 0 aromatic heterocycles. The molecule has 11 heavy (non-hydrogen) atoms. The zero-order valence-electron chi connectivity index (χ0n) is 6.73. The SMILES string of the molecule is CC(C)C(=O)C(F)(F)C1CC1. The van der Waals surface area contributed by atoms with Crippen LogP contribution in [0.4, 0.5) is 8.78 Å². The Kier molecular flexibility index (Phi) is 1.99. The Labute approximate surface area is 64.8 Å². The molecule has 0 heterocycles. The second-order valence-electron chi connectivity index (χ2n) is 3.42. The maximum atomic E-state index is 12.9. The third-order valence-electron chi connectivity index (χ3n) is 1.94. The number of alkyl halides is 2. The maximum absolute atomic E-state index is 12.9. The van der Waals surface area contributed by atoms with Gasteiger partial charge in [0.2, 0.25) is 5.78 Å². The molecule has 0 aliphatic heterocycles. The highest BCUT2D eigenvalue weighted by Gasteiger charge is 2.52. The molecular weight excluding hydrogens is 150 g/mol. The van der Waals surface area contributed by atoms with Gasteiger partial charge >= 0.3 is 5.92 Å². The normalized spacial score (nSPS) is 19.0. The van der Waals surface area contributed by atoms with Gasteiger partial charge in [0.15, 0.2) is 0 Å². The van der Waals surface area contributed by atoms with Crippen LogP contribution in [-0.4, -0.2) is 11.7 Å². The second kappa shape index (κ2) is 2.54. The number of hydrogen-bond acceptors (Lipinski definition) is 1. The Morgan fingerprint density at radius 1 is 1.45 bits per heavy atom. The number of rotatable bonds is 3. The highest BCUT2D eigenvalue weighted by Crippen LogP contribution is 2.44. The van der Waals surface area contributed by atoms with E-state index in [-0.39, 0.29) is 0 Å². The van der Waals surface area contributed by atoms with E-state index in [0.717, 1.165) is 0 Å². The molecular formula is C8H12F2O. The van der Waals surface area contributed by atoms with E-state index in [1.54, 1.807) is 0 Å². The van der Waals surface area contributed by atoms with E-state index in [9.17, 15) is 13.6 Å². The van der Waals surface area contributed by atoms with Crippen LogP contribution in [0.15, 0.2) is 0 Å². The molecule has 0 unspecified atom stereocenters. The number of Topliss-reactive ketones (excluding diaryl/α,β-unsaturated/α-hetero) is 1. The molecule has 0 atom stereocenters. The van der Waals surface area contributed by atoms with E-state index in [0.29, 0.717) is 12.8 Å². The average Bonchev–Trinajstić information content (AvgIpc) is 2.66. The number of hydrogen-bond donors (Lipinski definition) is 0. The van der Waals surface area contributed by atoms with E-state index in [2.05, 4.69) is 0 Å². The summed E-state index contributed by atoms with van der Waals surface area (Å²) in [7, 11) is 0. The van der Waals surface area contributed by atoms with Gasteiger partial charge in [-0.3, -0.25) is 4.79 Å². The molecule has 1 saturated carbocycles. The van der Waals surface area contributed by atoms with Gasteiger partial charge in [0.1, 0.15) is 0 Å². The lowest BCUT2D eigenvalue weighted by molar-refractivity contribution is -0.149. The van der Waals surface area contributed by atoms with E-state index in [1.807, 2.05) is 0 Å². The van der Waals surface area contributed by atoms with Crippen molar-refractivity contribution in [3.63, 3.8) is 0 Å². The molecule has 0 radical (unpaired) electrons. The molecule has 0 N–H and O–H groups in total. The van der Waals surface area contributed by atoms with Crippen molar-refractivity contribution in [1.82, 2.24) is 0 Å². The van der Waals surface area contributed by atoms with Crippen LogP contribution in [-0.2, 0) is 4.79 Å². The third-order valence-corrected chi connectivity index (χ3v) is 1.94. The first-order valence-electron chi connectivity index (χ1n) is 3.88. The topological polar surface area (TPSA) is 17.1 Å². The summed E-state index contributed by atoms with van der Waals surface area (Å²) in [4.78, 5) is 10.9. The quantitative estimate of drug-likeness (QED) is 0.622. The molecule has 1 nitrogen and oxygen atoms in total. The van der Waals surface area contributed by atoms with Crippen LogP contribution in [0.3, 0.4) is 0 Å². The summed E-state index contributed by atoms with van der Waals surface area (Å²) in [6.45, 7) is 3.03. The minimum atomic E-state index is -3.05. The predicted octanol–water partition coefficient (Wildman–Crippen LogP) is 2.26. The van der Waals surface area contributed by atoms with Gasteiger partial charge in [0.05, 0.1) is 0 Å². The molecule has 1 aliphatic carbocycles. The highest BCUT2D eigenvalue weighted by molar-refractivity contribution is 5.87. The van der Waals surface area contributed by atoms with Gasteiger partial charge in [0, 0.05) is 11.8 Å². The molecule has 0 aromatic carbocycles. The number of carbonyl (C=O) groups is 1. The van der Waals surface area contributed by atoms with Crippen LogP contribution in [0.2, 0.25) is 0 Å². The molecule has 0 bridgehead atoms. The summed E-state index contributed by atoms with van der Waals surface area (Å²) in [5.74, 6) is -5.16. The van der Waals surface area contributed by atoms with Crippen LogP contribution >= 0.6 is 0 Å². The Morgan fingerprint density at radius 3 is 2.18 bits per heavy atom. The standard InChI is InChI=1S/C8H12F2O/c1-5(2)7(11)8(9,10)6-3-4-6/h5-6H,3-4H2,1-2H3. The first-order valence-corrected chi connectivity index (χ1v) is 3.88. The Bertz CT molecular complexity index is 171. The zero-order chi connectivity index (χ0) is 8.65. The van der Waals surface area contributed by atoms with Crippen molar-refractivity contribution in [2.45, 2.75) is 32.6 Å². The number of ketones is 1. The summed E-state index contributed by atoms with van der Waals surface area (Å²) >= 11 is 0. The first kappa shape index (κ1) is 8.62. The van der Waals surface area contributed by atoms with Gasteiger partial charge in [-0.1, -0.05) is 13.8 Å². The molecule has 0 amide bonds. The van der Waals surface area contributed by atoms with Gasteiger partial charge in [-0.15, -0.1) is 0 Å². The van der Waals surface area contributed by atoms with Gasteiger partial charge in [-0.25, -0.2) is 0 Å². The molecule has 0 aromatic rings. The number of carbonyl (C=O) groups excluding carboxylic acids is 1. The fourth-order valence-corrected chi connectivity index (χ4v) is 1.03. The summed E-state index contributed by atoms with van der Waals surface area (Å²) in [6.07, 6.45) is 1.01. The van der Waals surface area contributed by atoms with Crippen molar-refractivity contribution in [1.29, 1.82) is 0 Å². The van der Waals surface area contributed by atoms with Crippen molar-refractivity contribution in [3.05, 3.63) is 0 Å². The van der Waals surface area contributed by atoms with Gasteiger partial charge < -0.3 is 0 Å². The van der Waals surface area contributed by atoms with E-state index in [1.165, 1.54) is 13.8 Å². The molecule has 64 valence electrons. The monoisotopic (exact) mass is 162 g/mol. The largest absolute Gasteiger partial charge is 0.308 e. The van der Waals surface area contributed by atoms with Crippen LogP contribution < -0.4 is 0 Å². The van der Waals surface area contributed by atoms with E-state index in [4.69, 9.17) is 0 Å². The van der Waals surface area contributed by atoms with Crippen molar-refractivity contribution in [3.8, 4) is 0 Å². The molecule has 0 spiro atoms. The molecule has 0 saturated heterocycles. The smallest absolute Gasteiger partial charge is 0.293 e. The third kappa shape index (κ3) is 1.57. The second-order valence-corrected chi connectivity index (χ2v) is 3.42. The van der Waals surface area contributed by atoms with Gasteiger partial charge in [0.25, 0.3) is 0 Å². The van der Waals surface area contributed by atoms with Crippen LogP contribution in [0.25, 0.3) is 0 Å². The molecule has 1 aliphatic rings. The minimum Gasteiger partial charge on any atom is -0.293 e. The molecule has 1 fully saturated rings. The lowest BCUT2D eigenvalue weighted by Crippen LogP contribution is -2.34. The van der Waals surface area contributed by atoms with E-state index >= 15 is 0 Å². The van der Waals surface area contributed by atoms with Crippen molar-refractivity contribution < 1.29 is 13.6 Å². The lowest BCUT2D eigenvalue weighted by Gasteiger charge is -2.15. The fraction of sp³-hybridized carbons (Fsp3) is 0.875. The van der Waals surface area contributed by atoms with Crippen molar-refractivity contribution in [2.75, 3.05) is 0 Å². The van der Waals surface area contributed by atoms with Gasteiger partial charge in [-0.05, 0) is 12.8 Å². The van der Waals surface area contributed by atoms with Crippen LogP contribution in [0.5, 0.6) is 0 Å². The summed E-state index contributed by atoms with van der Waals surface area (Å²) in [5.41, 5.74) is 0. The first-order chi connectivity index (χ1) is 4.96. The average molecular weight is 162 g/mol. The Hall–Kier alpha value is -0.470. The number of halogens is 2. The summed E-state index contributed by atoms with van der Waals surface area (Å²) in [6, 6.07) is 0. The van der Waals surface area contributed by atoms with E-state index < -0.39 is 23.5 Å². The Balaban J connectivity index is 2.62. The molecule has 3 heteroatoms. The zero-order valence-corrected chi connectivity index (χ0v) is 6.73. The summed E-state index contributed by atoms with van der Waals surface area (Å²) < 4.78 is 25.8. The summed E-state index contributed by atoms with van der Waals surface area (Å²) in [5, 5.41) is 0. The van der Waals surface area contributed by atoms with Crippen LogP contribution in [0.1, 0.15) is 26.7 Å². The maximum Gasteiger partial charge on any atom is 0.308 e. The Morgan fingerprint density at radius 2 is 1.91 bits per heavy atom. The minimum absolute atomic E-state index is 0.505. The van der Waals surface area contributed by atoms with Crippen LogP contribution in [0, 0.1) is 11.8 Å². The highest BCUT2D eigenvalue weighted by atomic mass is 19.3.